The number of esters is 2. The Labute approximate surface area is 397 Å². The van der Waals surface area contributed by atoms with Gasteiger partial charge in [-0.3, -0.25) is 9.59 Å². The number of rotatable bonds is 50. The lowest BCUT2D eigenvalue weighted by atomic mass is 10.0. The summed E-state index contributed by atoms with van der Waals surface area (Å²) in [6.45, 7) is 4.05. The van der Waals surface area contributed by atoms with Gasteiger partial charge in [-0.25, -0.2) is 0 Å². The molecule has 0 rings (SSSR count). The second-order valence-corrected chi connectivity index (χ2v) is 18.3. The van der Waals surface area contributed by atoms with Gasteiger partial charge in [-0.1, -0.05) is 267 Å². The molecular formula is C59H104O5. The van der Waals surface area contributed by atoms with Crippen LogP contribution in [-0.2, 0) is 19.1 Å². The largest absolute Gasteiger partial charge is 0.462 e. The summed E-state index contributed by atoms with van der Waals surface area (Å²) in [4.78, 5) is 24.5. The van der Waals surface area contributed by atoms with Crippen LogP contribution in [0.4, 0.5) is 0 Å². The van der Waals surface area contributed by atoms with Crippen LogP contribution >= 0.6 is 0 Å². The van der Waals surface area contributed by atoms with E-state index in [1.165, 1.54) is 167 Å². The van der Waals surface area contributed by atoms with E-state index in [-0.39, 0.29) is 25.2 Å². The van der Waals surface area contributed by atoms with Gasteiger partial charge < -0.3 is 14.6 Å². The van der Waals surface area contributed by atoms with Gasteiger partial charge in [0, 0.05) is 12.8 Å². The molecule has 0 amide bonds. The van der Waals surface area contributed by atoms with Gasteiger partial charge in [0.2, 0.25) is 0 Å². The molecule has 0 radical (unpaired) electrons. The Morgan fingerprint density at radius 1 is 0.375 bits per heavy atom. The molecule has 0 aliphatic rings. The SMILES string of the molecule is CC/C=C\C/C=C\C/C=C\C/C=C\C/C=C\C/C=C\CCCCCCCCCCCCCCC(=O)OC(CO)COC(=O)CCCCCCCCCCCCCCCCCCCCC. The molecule has 0 aliphatic heterocycles. The normalized spacial score (nSPS) is 12.7. The Balaban J connectivity index is 3.50. The summed E-state index contributed by atoms with van der Waals surface area (Å²) in [6, 6.07) is 0. The standard InChI is InChI=1S/C59H104O5/c1-3-5-7-9-11-13-15-17-19-21-23-24-25-26-27-28-29-30-31-32-33-34-36-38-40-42-44-46-48-50-52-54-59(62)64-57(55-60)56-63-58(61)53-51-49-47-45-43-41-39-37-35-22-20-18-16-14-12-10-8-6-4-2/h5,7,11,13,17,19,23-24,26-27,29-30,57,60H,3-4,6,8-10,12,14-16,18,20-22,25,28,31-56H2,1-2H3/b7-5-,13-11-,19-17-,24-23-,27-26-,30-29-. The number of ether oxygens (including phenoxy) is 2. The Morgan fingerprint density at radius 3 is 1.02 bits per heavy atom. The molecule has 64 heavy (non-hydrogen) atoms. The molecule has 0 saturated carbocycles. The van der Waals surface area contributed by atoms with Gasteiger partial charge in [-0.2, -0.15) is 0 Å². The third kappa shape index (κ3) is 52.0. The van der Waals surface area contributed by atoms with E-state index in [0.717, 1.165) is 77.0 Å². The summed E-state index contributed by atoms with van der Waals surface area (Å²) in [5.41, 5.74) is 0. The highest BCUT2D eigenvalue weighted by Crippen LogP contribution is 2.16. The van der Waals surface area contributed by atoms with Crippen LogP contribution in [0.1, 0.15) is 271 Å². The molecular weight excluding hydrogens is 789 g/mol. The zero-order valence-electron chi connectivity index (χ0n) is 42.3. The summed E-state index contributed by atoms with van der Waals surface area (Å²) < 4.78 is 10.7. The van der Waals surface area contributed by atoms with Crippen LogP contribution < -0.4 is 0 Å². The highest BCUT2D eigenvalue weighted by Gasteiger charge is 2.16. The van der Waals surface area contributed by atoms with Crippen molar-refractivity contribution in [1.29, 1.82) is 0 Å². The van der Waals surface area contributed by atoms with E-state index in [9.17, 15) is 14.7 Å². The van der Waals surface area contributed by atoms with Crippen LogP contribution in [0.5, 0.6) is 0 Å². The van der Waals surface area contributed by atoms with Crippen molar-refractivity contribution in [3.05, 3.63) is 72.9 Å². The van der Waals surface area contributed by atoms with Gasteiger partial charge in [0.15, 0.2) is 6.10 Å². The number of hydrogen-bond donors (Lipinski definition) is 1. The third-order valence-corrected chi connectivity index (χ3v) is 12.0. The van der Waals surface area contributed by atoms with E-state index < -0.39 is 6.10 Å². The van der Waals surface area contributed by atoms with Gasteiger partial charge in [0.25, 0.3) is 0 Å². The van der Waals surface area contributed by atoms with Crippen molar-refractivity contribution >= 4 is 11.9 Å². The van der Waals surface area contributed by atoms with E-state index in [1.54, 1.807) is 0 Å². The average Bonchev–Trinajstić information content (AvgIpc) is 3.30. The van der Waals surface area contributed by atoms with Crippen molar-refractivity contribution in [1.82, 2.24) is 0 Å². The smallest absolute Gasteiger partial charge is 0.306 e. The minimum absolute atomic E-state index is 0.0650. The van der Waals surface area contributed by atoms with E-state index in [0.29, 0.717) is 12.8 Å². The van der Waals surface area contributed by atoms with Crippen LogP contribution in [0.2, 0.25) is 0 Å². The van der Waals surface area contributed by atoms with Crippen molar-refractivity contribution in [2.75, 3.05) is 13.2 Å². The first-order valence-corrected chi connectivity index (χ1v) is 27.5. The van der Waals surface area contributed by atoms with E-state index in [4.69, 9.17) is 9.47 Å². The molecule has 5 nitrogen and oxygen atoms in total. The fraction of sp³-hybridized carbons (Fsp3) is 0.763. The predicted octanol–water partition coefficient (Wildman–Crippen LogP) is 18.4. The van der Waals surface area contributed by atoms with Crippen molar-refractivity contribution in [2.24, 2.45) is 0 Å². The molecule has 1 atom stereocenters. The van der Waals surface area contributed by atoms with Crippen molar-refractivity contribution in [2.45, 2.75) is 277 Å². The molecule has 0 aliphatic carbocycles. The number of hydrogen-bond acceptors (Lipinski definition) is 5. The van der Waals surface area contributed by atoms with Crippen LogP contribution in [0, 0.1) is 0 Å². The first-order valence-electron chi connectivity index (χ1n) is 27.5. The molecule has 5 heteroatoms. The zero-order chi connectivity index (χ0) is 46.3. The lowest BCUT2D eigenvalue weighted by Gasteiger charge is -2.15. The maximum absolute atomic E-state index is 12.3. The number of aliphatic hydroxyl groups excluding tert-OH is 1. The van der Waals surface area contributed by atoms with Crippen molar-refractivity contribution in [3.8, 4) is 0 Å². The molecule has 0 aromatic rings. The molecule has 1 unspecified atom stereocenters. The van der Waals surface area contributed by atoms with Crippen molar-refractivity contribution in [3.63, 3.8) is 0 Å². The van der Waals surface area contributed by atoms with Crippen molar-refractivity contribution < 1.29 is 24.2 Å². The van der Waals surface area contributed by atoms with Gasteiger partial charge in [0.1, 0.15) is 6.61 Å². The van der Waals surface area contributed by atoms with Gasteiger partial charge in [0.05, 0.1) is 6.61 Å². The summed E-state index contributed by atoms with van der Waals surface area (Å²) in [5, 5.41) is 9.64. The molecule has 0 heterocycles. The number of unbranched alkanes of at least 4 members (excludes halogenated alkanes) is 30. The minimum atomic E-state index is -0.774. The zero-order valence-corrected chi connectivity index (χ0v) is 42.3. The highest BCUT2D eigenvalue weighted by molar-refractivity contribution is 5.70. The Kier molecular flexibility index (Phi) is 52.4. The summed E-state index contributed by atoms with van der Waals surface area (Å²) in [5.74, 6) is -0.583. The van der Waals surface area contributed by atoms with E-state index in [1.807, 2.05) is 0 Å². The fourth-order valence-corrected chi connectivity index (χ4v) is 7.91. The van der Waals surface area contributed by atoms with E-state index >= 15 is 0 Å². The fourth-order valence-electron chi connectivity index (χ4n) is 7.91. The topological polar surface area (TPSA) is 72.8 Å². The molecule has 370 valence electrons. The minimum Gasteiger partial charge on any atom is -0.462 e. The van der Waals surface area contributed by atoms with Gasteiger partial charge in [-0.05, 0) is 64.2 Å². The van der Waals surface area contributed by atoms with Crippen LogP contribution in [0.3, 0.4) is 0 Å². The Morgan fingerprint density at radius 2 is 0.672 bits per heavy atom. The maximum Gasteiger partial charge on any atom is 0.306 e. The molecule has 0 saturated heterocycles. The highest BCUT2D eigenvalue weighted by atomic mass is 16.6. The molecule has 1 N–H and O–H groups in total. The number of aliphatic hydroxyl groups is 1. The van der Waals surface area contributed by atoms with E-state index in [2.05, 4.69) is 86.8 Å². The average molecular weight is 893 g/mol. The maximum atomic E-state index is 12.3. The molecule has 0 fully saturated rings. The lowest BCUT2D eigenvalue weighted by molar-refractivity contribution is -0.161. The second kappa shape index (κ2) is 54.7. The summed E-state index contributed by atoms with van der Waals surface area (Å²) in [7, 11) is 0. The monoisotopic (exact) mass is 893 g/mol. The Hall–Kier alpha value is -2.66. The van der Waals surface area contributed by atoms with Gasteiger partial charge in [-0.15, -0.1) is 0 Å². The molecule has 0 bridgehead atoms. The third-order valence-electron chi connectivity index (χ3n) is 12.0. The first-order chi connectivity index (χ1) is 31.6. The summed E-state index contributed by atoms with van der Waals surface area (Å²) in [6.07, 6.45) is 74.4. The molecule has 0 aromatic heterocycles. The number of carbonyl (C=O) groups excluding carboxylic acids is 2. The predicted molar refractivity (Wildman–Crippen MR) is 279 cm³/mol. The molecule has 0 spiro atoms. The quantitative estimate of drug-likeness (QED) is 0.0374. The summed E-state index contributed by atoms with van der Waals surface area (Å²) >= 11 is 0. The number of allylic oxidation sites excluding steroid dienone is 12. The van der Waals surface area contributed by atoms with Crippen LogP contribution in [0.15, 0.2) is 72.9 Å². The van der Waals surface area contributed by atoms with Crippen LogP contribution in [-0.4, -0.2) is 36.4 Å². The lowest BCUT2D eigenvalue weighted by Crippen LogP contribution is -2.28. The first kappa shape index (κ1) is 61.3. The number of carbonyl (C=O) groups is 2. The second-order valence-electron chi connectivity index (χ2n) is 18.3. The molecule has 0 aromatic carbocycles. The van der Waals surface area contributed by atoms with Crippen LogP contribution in [0.25, 0.3) is 0 Å². The Bertz CT molecular complexity index is 1150. The van der Waals surface area contributed by atoms with Gasteiger partial charge >= 0.3 is 11.9 Å².